The number of nitrogens with one attached hydrogen (secondary N) is 1. The predicted molar refractivity (Wildman–Crippen MR) is 53.2 cm³/mol. The number of nitrogens with zero attached hydrogens (tertiary/aromatic N) is 3. The molecule has 0 spiro atoms. The normalized spacial score (nSPS) is 16.2. The van der Waals surface area contributed by atoms with E-state index in [-0.39, 0.29) is 13.8 Å². The fraction of sp³-hybridized carbons (Fsp3) is 0.500. The van der Waals surface area contributed by atoms with Gasteiger partial charge in [-0.2, -0.15) is 0 Å². The lowest BCUT2D eigenvalue weighted by Crippen LogP contribution is -3.00. The molecule has 2 heterocycles. The molecule has 0 unspecified atom stereocenters. The zero-order valence-electron chi connectivity index (χ0n) is 8.58. The van der Waals surface area contributed by atoms with Crippen molar-refractivity contribution in [3.63, 3.8) is 0 Å². The third-order valence-electron chi connectivity index (χ3n) is 2.03. The number of halogens is 2. The summed E-state index contributed by atoms with van der Waals surface area (Å²) in [5, 5.41) is 3.73. The Balaban J connectivity index is 0.000000980. The Bertz CT molecular complexity index is 294. The highest BCUT2D eigenvalue weighted by molar-refractivity contribution is 6.29. The average Bonchev–Trinajstić information content (AvgIpc) is 2.19. The van der Waals surface area contributed by atoms with Crippen molar-refractivity contribution in [2.24, 2.45) is 0 Å². The van der Waals surface area contributed by atoms with Crippen LogP contribution in [0, 0.1) is 0 Å². The van der Waals surface area contributed by atoms with Gasteiger partial charge >= 0.3 is 1.43 Å². The van der Waals surface area contributed by atoms with Gasteiger partial charge in [-0.3, -0.25) is 4.98 Å². The van der Waals surface area contributed by atoms with Crippen LogP contribution < -0.4 is 22.6 Å². The van der Waals surface area contributed by atoms with Crippen molar-refractivity contribution in [3.8, 4) is 0 Å². The molecule has 0 amide bonds. The van der Waals surface area contributed by atoms with Crippen molar-refractivity contribution in [2.75, 3.05) is 31.1 Å². The molecular weight excluding hydrogens is 223 g/mol. The van der Waals surface area contributed by atoms with Crippen molar-refractivity contribution in [2.45, 2.75) is 0 Å². The van der Waals surface area contributed by atoms with E-state index in [1.54, 1.807) is 12.4 Å². The van der Waals surface area contributed by atoms with E-state index in [1.807, 2.05) is 0 Å². The largest absolute Gasteiger partial charge is 1.00 e. The Hall–Kier alpha value is -0.580. The van der Waals surface area contributed by atoms with Gasteiger partial charge in [0.1, 0.15) is 11.0 Å². The number of anilines is 1. The molecular formula is C8H12Cl2N4. The lowest BCUT2D eigenvalue weighted by molar-refractivity contribution is -0.00000271. The van der Waals surface area contributed by atoms with E-state index in [0.717, 1.165) is 32.0 Å². The van der Waals surface area contributed by atoms with E-state index in [2.05, 4.69) is 20.2 Å². The smallest absolute Gasteiger partial charge is 1.00 e. The van der Waals surface area contributed by atoms with E-state index in [1.165, 1.54) is 0 Å². The summed E-state index contributed by atoms with van der Waals surface area (Å²) in [5.74, 6) is 0.869. The van der Waals surface area contributed by atoms with E-state index < -0.39 is 0 Å². The summed E-state index contributed by atoms with van der Waals surface area (Å²) in [7, 11) is 0. The van der Waals surface area contributed by atoms with Crippen LogP contribution >= 0.6 is 11.6 Å². The van der Waals surface area contributed by atoms with Gasteiger partial charge in [0.15, 0.2) is 0 Å². The number of rotatable bonds is 1. The highest BCUT2D eigenvalue weighted by Crippen LogP contribution is 2.12. The number of piperazine rings is 1. The molecule has 1 aliphatic rings. The van der Waals surface area contributed by atoms with Crippen LogP contribution in [0.25, 0.3) is 0 Å². The third kappa shape index (κ3) is 2.70. The number of hydrogen-bond donors (Lipinski definition) is 1. The first-order valence-corrected chi connectivity index (χ1v) is 4.67. The van der Waals surface area contributed by atoms with Crippen LogP contribution in [0.3, 0.4) is 0 Å². The highest BCUT2D eigenvalue weighted by Gasteiger charge is 2.11. The Labute approximate surface area is 95.6 Å². The minimum atomic E-state index is 0. The molecule has 78 valence electrons. The first kappa shape index (κ1) is 11.5. The molecule has 0 aliphatic carbocycles. The summed E-state index contributed by atoms with van der Waals surface area (Å²) < 4.78 is 0. The molecule has 4 nitrogen and oxygen atoms in total. The maximum Gasteiger partial charge on any atom is 1.00 e. The summed E-state index contributed by atoms with van der Waals surface area (Å²) in [4.78, 5) is 10.4. The molecule has 1 aromatic heterocycles. The summed E-state index contributed by atoms with van der Waals surface area (Å²) in [6, 6.07) is 0. The predicted octanol–water partition coefficient (Wildman–Crippen LogP) is -2.34. The molecule has 0 radical (unpaired) electrons. The molecule has 0 saturated carbocycles. The van der Waals surface area contributed by atoms with Crippen LogP contribution in [-0.4, -0.2) is 36.1 Å². The van der Waals surface area contributed by atoms with Crippen molar-refractivity contribution >= 4 is 17.4 Å². The second kappa shape index (κ2) is 5.34. The summed E-state index contributed by atoms with van der Waals surface area (Å²) >= 11 is 5.75. The topological polar surface area (TPSA) is 41.1 Å². The molecule has 1 fully saturated rings. The molecule has 1 saturated heterocycles. The van der Waals surface area contributed by atoms with Crippen LogP contribution in [0.5, 0.6) is 0 Å². The van der Waals surface area contributed by atoms with Crippen LogP contribution in [0.2, 0.25) is 5.15 Å². The molecule has 14 heavy (non-hydrogen) atoms. The summed E-state index contributed by atoms with van der Waals surface area (Å²) in [5.41, 5.74) is 0. The van der Waals surface area contributed by atoms with Gasteiger partial charge in [0.2, 0.25) is 0 Å². The van der Waals surface area contributed by atoms with Gasteiger partial charge in [0.25, 0.3) is 0 Å². The summed E-state index contributed by atoms with van der Waals surface area (Å²) in [6.07, 6.45) is 3.30. The molecule has 0 aromatic carbocycles. The molecule has 1 aromatic rings. The van der Waals surface area contributed by atoms with Crippen molar-refractivity contribution < 1.29 is 13.8 Å². The first-order valence-electron chi connectivity index (χ1n) is 4.29. The van der Waals surface area contributed by atoms with Crippen molar-refractivity contribution in [3.05, 3.63) is 17.5 Å². The van der Waals surface area contributed by atoms with E-state index >= 15 is 0 Å². The second-order valence-electron chi connectivity index (χ2n) is 2.94. The van der Waals surface area contributed by atoms with Gasteiger partial charge < -0.3 is 22.6 Å². The molecule has 1 aliphatic heterocycles. The molecule has 0 atom stereocenters. The monoisotopic (exact) mass is 234 g/mol. The Morgan fingerprint density at radius 3 is 2.71 bits per heavy atom. The van der Waals surface area contributed by atoms with Crippen molar-refractivity contribution in [1.82, 2.24) is 15.3 Å². The second-order valence-corrected chi connectivity index (χ2v) is 3.32. The highest BCUT2D eigenvalue weighted by atomic mass is 35.5. The standard InChI is InChI=1S/C8H11ClN4.ClH/c9-7-5-11-6-8(12-7)13-3-1-10-2-4-13;/h5-6,10H,1-4H2;1H. The fourth-order valence-corrected chi connectivity index (χ4v) is 1.52. The Kier molecular flexibility index (Phi) is 4.38. The van der Waals surface area contributed by atoms with Gasteiger partial charge in [-0.15, -0.1) is 0 Å². The van der Waals surface area contributed by atoms with Crippen LogP contribution in [0.4, 0.5) is 5.82 Å². The first-order chi connectivity index (χ1) is 6.36. The number of hydrogen-bond acceptors (Lipinski definition) is 4. The van der Waals surface area contributed by atoms with Gasteiger partial charge in [-0.1, -0.05) is 11.6 Å². The Morgan fingerprint density at radius 1 is 1.36 bits per heavy atom. The lowest BCUT2D eigenvalue weighted by atomic mass is 10.4. The Morgan fingerprint density at radius 2 is 2.07 bits per heavy atom. The fourth-order valence-electron chi connectivity index (χ4n) is 1.38. The zero-order chi connectivity index (χ0) is 9.10. The van der Waals surface area contributed by atoms with Crippen LogP contribution in [-0.2, 0) is 0 Å². The summed E-state index contributed by atoms with van der Waals surface area (Å²) in [6.45, 7) is 3.92. The van der Waals surface area contributed by atoms with E-state index in [0.29, 0.717) is 5.15 Å². The maximum absolute atomic E-state index is 5.75. The van der Waals surface area contributed by atoms with Crippen molar-refractivity contribution in [1.29, 1.82) is 0 Å². The quantitative estimate of drug-likeness (QED) is 0.592. The van der Waals surface area contributed by atoms with Gasteiger partial charge in [-0.05, 0) is 0 Å². The molecule has 6 heteroatoms. The lowest BCUT2D eigenvalue weighted by Gasteiger charge is -2.27. The molecule has 2 rings (SSSR count). The van der Waals surface area contributed by atoms with E-state index in [9.17, 15) is 0 Å². The van der Waals surface area contributed by atoms with Gasteiger partial charge in [-0.25, -0.2) is 4.98 Å². The van der Waals surface area contributed by atoms with Gasteiger partial charge in [0.05, 0.1) is 12.4 Å². The zero-order valence-corrected chi connectivity index (χ0v) is 9.09. The third-order valence-corrected chi connectivity index (χ3v) is 2.22. The minimum Gasteiger partial charge on any atom is -1.00 e. The SMILES string of the molecule is Clc1cncc(N2CCNCC2)n1.[Cl-].[H+]. The van der Waals surface area contributed by atoms with Crippen LogP contribution in [0.15, 0.2) is 12.4 Å². The maximum atomic E-state index is 5.75. The minimum absolute atomic E-state index is 0. The number of aromatic nitrogens is 2. The average molecular weight is 235 g/mol. The van der Waals surface area contributed by atoms with E-state index in [4.69, 9.17) is 11.6 Å². The molecule has 0 bridgehead atoms. The van der Waals surface area contributed by atoms with Crippen LogP contribution in [0.1, 0.15) is 1.43 Å². The molecule has 1 N–H and O–H groups in total. The van der Waals surface area contributed by atoms with Gasteiger partial charge in [0, 0.05) is 26.2 Å².